The second-order valence-electron chi connectivity index (χ2n) is 7.45. The standard InChI is InChI=1S/C22H21F2NO4/c23-22(24)12-17-11-18(22)19(20(26)28-13-15-7-3-1-4-8-15)25(17)21(27)29-14-16-9-5-2-6-10-16/h1-10,17-19H,11-14H2. The summed E-state index contributed by atoms with van der Waals surface area (Å²) in [5.74, 6) is -5.07. The van der Waals surface area contributed by atoms with Crippen LogP contribution in [0.25, 0.3) is 0 Å². The highest BCUT2D eigenvalue weighted by molar-refractivity contribution is 5.83. The van der Waals surface area contributed by atoms with E-state index in [1.165, 1.54) is 0 Å². The number of ether oxygens (including phenoxy) is 2. The molecule has 3 atom stereocenters. The van der Waals surface area contributed by atoms with Crippen molar-refractivity contribution in [3.63, 3.8) is 0 Å². The molecule has 0 aromatic heterocycles. The number of benzene rings is 2. The quantitative estimate of drug-likeness (QED) is 0.706. The highest BCUT2D eigenvalue weighted by atomic mass is 19.3. The number of carbonyl (C=O) groups excluding carboxylic acids is 2. The molecule has 1 aliphatic heterocycles. The van der Waals surface area contributed by atoms with Crippen LogP contribution < -0.4 is 0 Å². The second kappa shape index (κ2) is 7.81. The van der Waals surface area contributed by atoms with Crippen LogP contribution in [0.3, 0.4) is 0 Å². The van der Waals surface area contributed by atoms with Gasteiger partial charge in [0.25, 0.3) is 5.92 Å². The number of likely N-dealkylation sites (tertiary alicyclic amines) is 1. The lowest BCUT2D eigenvalue weighted by atomic mass is 9.95. The smallest absolute Gasteiger partial charge is 0.411 e. The number of rotatable bonds is 5. The van der Waals surface area contributed by atoms with E-state index in [0.29, 0.717) is 0 Å². The number of piperidine rings is 1. The van der Waals surface area contributed by atoms with Crippen molar-refractivity contribution in [3.05, 3.63) is 71.8 Å². The first-order chi connectivity index (χ1) is 14.0. The zero-order chi connectivity index (χ0) is 20.4. The molecule has 2 aromatic carbocycles. The van der Waals surface area contributed by atoms with Gasteiger partial charge in [0.1, 0.15) is 19.3 Å². The Kier molecular flexibility index (Phi) is 5.22. The summed E-state index contributed by atoms with van der Waals surface area (Å²) in [6.45, 7) is -0.0260. The van der Waals surface area contributed by atoms with Gasteiger partial charge in [-0.25, -0.2) is 18.4 Å². The molecule has 2 fully saturated rings. The minimum absolute atomic E-state index is 0.00966. The van der Waals surface area contributed by atoms with E-state index in [9.17, 15) is 18.4 Å². The topological polar surface area (TPSA) is 55.8 Å². The van der Waals surface area contributed by atoms with Crippen LogP contribution in [0.4, 0.5) is 13.6 Å². The van der Waals surface area contributed by atoms with Gasteiger partial charge in [0.15, 0.2) is 0 Å². The van der Waals surface area contributed by atoms with Gasteiger partial charge in [-0.05, 0) is 17.5 Å². The van der Waals surface area contributed by atoms with Crippen molar-refractivity contribution in [1.82, 2.24) is 4.90 Å². The molecule has 0 spiro atoms. The number of alkyl halides is 2. The van der Waals surface area contributed by atoms with E-state index in [0.717, 1.165) is 16.0 Å². The lowest BCUT2D eigenvalue weighted by Gasteiger charge is -2.36. The fraction of sp³-hybridized carbons (Fsp3) is 0.364. The van der Waals surface area contributed by atoms with Crippen LogP contribution >= 0.6 is 0 Å². The Morgan fingerprint density at radius 3 is 2.07 bits per heavy atom. The number of nitrogens with zero attached hydrogens (tertiary/aromatic N) is 1. The van der Waals surface area contributed by atoms with Crippen molar-refractivity contribution in [2.24, 2.45) is 5.92 Å². The van der Waals surface area contributed by atoms with E-state index in [1.54, 1.807) is 36.4 Å². The summed E-state index contributed by atoms with van der Waals surface area (Å²) in [4.78, 5) is 26.5. The van der Waals surface area contributed by atoms with Gasteiger partial charge in [-0.1, -0.05) is 60.7 Å². The largest absolute Gasteiger partial charge is 0.459 e. The molecule has 4 rings (SSSR count). The summed E-state index contributed by atoms with van der Waals surface area (Å²) < 4.78 is 39.2. The Labute approximate surface area is 167 Å². The molecule has 3 unspecified atom stereocenters. The molecular weight excluding hydrogens is 380 g/mol. The fourth-order valence-electron chi connectivity index (χ4n) is 4.16. The second-order valence-corrected chi connectivity index (χ2v) is 7.45. The molecule has 29 heavy (non-hydrogen) atoms. The average Bonchev–Trinajstić information content (AvgIpc) is 3.25. The molecule has 7 heteroatoms. The predicted molar refractivity (Wildman–Crippen MR) is 100.0 cm³/mol. The first-order valence-electron chi connectivity index (χ1n) is 9.53. The summed E-state index contributed by atoms with van der Waals surface area (Å²) in [5, 5.41) is 0. The zero-order valence-electron chi connectivity index (χ0n) is 15.7. The number of halogens is 2. The Morgan fingerprint density at radius 2 is 1.48 bits per heavy atom. The number of amides is 1. The van der Waals surface area contributed by atoms with Gasteiger partial charge in [0.2, 0.25) is 0 Å². The van der Waals surface area contributed by atoms with Crippen LogP contribution in [0.1, 0.15) is 24.0 Å². The van der Waals surface area contributed by atoms with Crippen molar-refractivity contribution in [2.45, 2.75) is 44.1 Å². The van der Waals surface area contributed by atoms with Gasteiger partial charge in [-0.2, -0.15) is 0 Å². The molecular formula is C22H21F2NO4. The molecule has 152 valence electrons. The van der Waals surface area contributed by atoms with Gasteiger partial charge >= 0.3 is 12.1 Å². The monoisotopic (exact) mass is 401 g/mol. The SMILES string of the molecule is O=C(OCc1ccccc1)C1C2CC(CC2(F)F)N1C(=O)OCc1ccccc1. The Morgan fingerprint density at radius 1 is 0.931 bits per heavy atom. The molecule has 2 bridgehead atoms. The third-order valence-electron chi connectivity index (χ3n) is 5.53. The van der Waals surface area contributed by atoms with Crippen molar-refractivity contribution < 1.29 is 27.8 Å². The molecule has 1 amide bonds. The fourth-order valence-corrected chi connectivity index (χ4v) is 4.16. The summed E-state index contributed by atoms with van der Waals surface area (Å²) >= 11 is 0. The maximum absolute atomic E-state index is 14.3. The number of carbonyl (C=O) groups is 2. The van der Waals surface area contributed by atoms with E-state index < -0.39 is 42.4 Å². The predicted octanol–water partition coefficient (Wildman–Crippen LogP) is 4.16. The normalized spacial score (nSPS) is 24.3. The van der Waals surface area contributed by atoms with Crippen LogP contribution in [0.5, 0.6) is 0 Å². The lowest BCUT2D eigenvalue weighted by molar-refractivity contribution is -0.162. The van der Waals surface area contributed by atoms with E-state index in [-0.39, 0.29) is 19.6 Å². The summed E-state index contributed by atoms with van der Waals surface area (Å²) in [6.07, 6.45) is -1.16. The highest BCUT2D eigenvalue weighted by Gasteiger charge is 2.65. The summed E-state index contributed by atoms with van der Waals surface area (Å²) in [7, 11) is 0. The first kappa shape index (κ1) is 19.4. The van der Waals surface area contributed by atoms with Crippen molar-refractivity contribution in [3.8, 4) is 0 Å². The molecule has 2 aromatic rings. The zero-order valence-corrected chi connectivity index (χ0v) is 15.7. The lowest BCUT2D eigenvalue weighted by Crippen LogP contribution is -2.55. The average molecular weight is 401 g/mol. The van der Waals surface area contributed by atoms with E-state index in [2.05, 4.69) is 0 Å². The molecule has 5 nitrogen and oxygen atoms in total. The number of hydrogen-bond acceptors (Lipinski definition) is 4. The third kappa shape index (κ3) is 3.95. The number of fused-ring (bicyclic) bond motifs is 2. The van der Waals surface area contributed by atoms with Crippen LogP contribution in [-0.4, -0.2) is 35.0 Å². The molecule has 0 radical (unpaired) electrons. The molecule has 1 aliphatic carbocycles. The van der Waals surface area contributed by atoms with Gasteiger partial charge in [-0.15, -0.1) is 0 Å². The first-order valence-corrected chi connectivity index (χ1v) is 9.53. The highest BCUT2D eigenvalue weighted by Crippen LogP contribution is 2.52. The summed E-state index contributed by atoms with van der Waals surface area (Å²) in [5.41, 5.74) is 1.52. The molecule has 0 N–H and O–H groups in total. The molecule has 2 aliphatic rings. The molecule has 1 saturated carbocycles. The molecule has 1 saturated heterocycles. The Hall–Kier alpha value is -2.96. The minimum atomic E-state index is -3.00. The number of esters is 1. The Balaban J connectivity index is 1.46. The van der Waals surface area contributed by atoms with Gasteiger partial charge < -0.3 is 9.47 Å². The third-order valence-corrected chi connectivity index (χ3v) is 5.53. The maximum atomic E-state index is 14.3. The van der Waals surface area contributed by atoms with E-state index in [4.69, 9.17) is 9.47 Å². The van der Waals surface area contributed by atoms with E-state index >= 15 is 0 Å². The van der Waals surface area contributed by atoms with Crippen LogP contribution in [0.2, 0.25) is 0 Å². The minimum Gasteiger partial charge on any atom is -0.459 e. The maximum Gasteiger partial charge on any atom is 0.411 e. The van der Waals surface area contributed by atoms with E-state index in [1.807, 2.05) is 24.3 Å². The van der Waals surface area contributed by atoms with Gasteiger partial charge in [0.05, 0.1) is 5.92 Å². The van der Waals surface area contributed by atoms with Crippen molar-refractivity contribution >= 4 is 12.1 Å². The number of hydrogen-bond donors (Lipinski definition) is 0. The van der Waals surface area contributed by atoms with Gasteiger partial charge in [0, 0.05) is 12.5 Å². The van der Waals surface area contributed by atoms with Gasteiger partial charge in [-0.3, -0.25) is 4.90 Å². The Bertz CT molecular complexity index is 875. The summed E-state index contributed by atoms with van der Waals surface area (Å²) in [6, 6.07) is 15.9. The van der Waals surface area contributed by atoms with Crippen molar-refractivity contribution in [2.75, 3.05) is 0 Å². The van der Waals surface area contributed by atoms with Crippen LogP contribution in [-0.2, 0) is 27.5 Å². The van der Waals surface area contributed by atoms with Crippen LogP contribution in [0.15, 0.2) is 60.7 Å². The van der Waals surface area contributed by atoms with Crippen molar-refractivity contribution in [1.29, 1.82) is 0 Å². The molecule has 1 heterocycles. The van der Waals surface area contributed by atoms with Crippen LogP contribution in [0, 0.1) is 5.92 Å².